The van der Waals surface area contributed by atoms with Gasteiger partial charge in [-0.1, -0.05) is 24.3 Å². The van der Waals surface area contributed by atoms with Gasteiger partial charge in [0.15, 0.2) is 5.69 Å². The van der Waals surface area contributed by atoms with Crippen molar-refractivity contribution in [2.45, 2.75) is 18.9 Å². The quantitative estimate of drug-likeness (QED) is 0.311. The third-order valence-electron chi connectivity index (χ3n) is 5.38. The average Bonchev–Trinajstić information content (AvgIpc) is 3.27. The number of hydrogen-bond donors (Lipinski definition) is 0. The van der Waals surface area contributed by atoms with E-state index in [1.165, 1.54) is 30.3 Å². The van der Waals surface area contributed by atoms with E-state index in [2.05, 4.69) is 5.10 Å². The Morgan fingerprint density at radius 1 is 0.919 bits per heavy atom. The zero-order valence-electron chi connectivity index (χ0n) is 18.2. The van der Waals surface area contributed by atoms with Gasteiger partial charge in [0.25, 0.3) is 5.56 Å². The van der Waals surface area contributed by atoms with Crippen LogP contribution in [0.3, 0.4) is 0 Å². The summed E-state index contributed by atoms with van der Waals surface area (Å²) < 4.78 is 112. The normalized spacial score (nSPS) is 12.0. The molecule has 0 fully saturated rings. The highest BCUT2D eigenvalue weighted by Gasteiger charge is 2.42. The number of alkyl halides is 6. The van der Waals surface area contributed by atoms with Crippen LogP contribution in [0.4, 0.5) is 35.1 Å². The molecule has 2 heterocycles. The Morgan fingerprint density at radius 2 is 1.59 bits per heavy atom. The molecular formula is C24H12F8N4O. The number of benzene rings is 2. The van der Waals surface area contributed by atoms with Crippen LogP contribution in [0.2, 0.25) is 0 Å². The van der Waals surface area contributed by atoms with Gasteiger partial charge in [0.1, 0.15) is 23.3 Å². The van der Waals surface area contributed by atoms with Crippen molar-refractivity contribution in [1.82, 2.24) is 14.3 Å². The maximum Gasteiger partial charge on any atom is 0.434 e. The standard InChI is InChI=1S/C24H12F8N4O/c25-14-7-6-13(19(26)8-14)12-35-20(9-18(23(27,28)29)16(10-33)22(35)37)17-11-34-36(21(17)24(30,31)32)15-4-2-1-3-5-15/h1-9,11H,12H2. The molecule has 0 atom stereocenters. The lowest BCUT2D eigenvalue weighted by Crippen LogP contribution is -2.29. The minimum atomic E-state index is -5.28. The van der Waals surface area contributed by atoms with Crippen LogP contribution in [0.1, 0.15) is 22.4 Å². The highest BCUT2D eigenvalue weighted by Crippen LogP contribution is 2.40. The van der Waals surface area contributed by atoms with Gasteiger partial charge in [-0.05, 0) is 24.3 Å². The third-order valence-corrected chi connectivity index (χ3v) is 5.38. The fourth-order valence-electron chi connectivity index (χ4n) is 3.75. The highest BCUT2D eigenvalue weighted by atomic mass is 19.4. The van der Waals surface area contributed by atoms with Gasteiger partial charge in [0.05, 0.1) is 29.7 Å². The zero-order chi connectivity index (χ0) is 27.1. The van der Waals surface area contributed by atoms with Gasteiger partial charge in [0, 0.05) is 17.2 Å². The number of hydrogen-bond acceptors (Lipinski definition) is 3. The summed E-state index contributed by atoms with van der Waals surface area (Å²) in [6.07, 6.45) is -9.84. The molecule has 0 N–H and O–H groups in total. The number of halogens is 8. The summed E-state index contributed by atoms with van der Waals surface area (Å²) in [5.41, 5.74) is -8.64. The molecule has 4 aromatic rings. The van der Waals surface area contributed by atoms with Crippen LogP contribution in [0, 0.1) is 23.0 Å². The smallest absolute Gasteiger partial charge is 0.302 e. The van der Waals surface area contributed by atoms with Crippen molar-refractivity contribution in [3.8, 4) is 23.0 Å². The monoisotopic (exact) mass is 524 g/mol. The molecule has 0 aliphatic heterocycles. The van der Waals surface area contributed by atoms with Crippen LogP contribution >= 0.6 is 0 Å². The number of nitrogens with zero attached hydrogens (tertiary/aromatic N) is 4. The van der Waals surface area contributed by atoms with Crippen LogP contribution < -0.4 is 5.56 Å². The third kappa shape index (κ3) is 4.82. The lowest BCUT2D eigenvalue weighted by atomic mass is 10.0. The van der Waals surface area contributed by atoms with E-state index in [4.69, 9.17) is 0 Å². The molecule has 0 aliphatic carbocycles. The molecule has 2 aromatic carbocycles. The van der Waals surface area contributed by atoms with Gasteiger partial charge in [-0.3, -0.25) is 4.79 Å². The molecule has 0 radical (unpaired) electrons. The number of aromatic nitrogens is 3. The lowest BCUT2D eigenvalue weighted by Gasteiger charge is -2.19. The van der Waals surface area contributed by atoms with E-state index in [9.17, 15) is 45.2 Å². The van der Waals surface area contributed by atoms with Crippen molar-refractivity contribution in [1.29, 1.82) is 5.26 Å². The summed E-state index contributed by atoms with van der Waals surface area (Å²) in [6, 6.07) is 10.3. The molecule has 0 saturated carbocycles. The van der Waals surface area contributed by atoms with Crippen molar-refractivity contribution in [3.05, 3.63) is 105 Å². The predicted molar refractivity (Wildman–Crippen MR) is 113 cm³/mol. The number of nitriles is 1. The Labute approximate surface area is 202 Å². The number of rotatable bonds is 4. The molecule has 2 aromatic heterocycles. The van der Waals surface area contributed by atoms with E-state index in [0.717, 1.165) is 18.2 Å². The molecule has 190 valence electrons. The molecule has 0 spiro atoms. The van der Waals surface area contributed by atoms with Gasteiger partial charge >= 0.3 is 12.4 Å². The Hall–Kier alpha value is -4.47. The van der Waals surface area contributed by atoms with Crippen LogP contribution in [0.5, 0.6) is 0 Å². The average molecular weight is 524 g/mol. The van der Waals surface area contributed by atoms with Gasteiger partial charge in [-0.25, -0.2) is 13.5 Å². The second-order valence-electron chi connectivity index (χ2n) is 7.71. The van der Waals surface area contributed by atoms with Crippen molar-refractivity contribution < 1.29 is 35.1 Å². The fourth-order valence-corrected chi connectivity index (χ4v) is 3.75. The first kappa shape index (κ1) is 25.6. The maximum atomic E-state index is 14.4. The first-order valence-corrected chi connectivity index (χ1v) is 10.2. The second-order valence-corrected chi connectivity index (χ2v) is 7.71. The largest absolute Gasteiger partial charge is 0.434 e. The molecule has 0 aliphatic rings. The van der Waals surface area contributed by atoms with E-state index in [0.29, 0.717) is 21.5 Å². The number of pyridine rings is 1. The van der Waals surface area contributed by atoms with Crippen LogP contribution in [-0.2, 0) is 18.9 Å². The van der Waals surface area contributed by atoms with Crippen LogP contribution in [0.15, 0.2) is 65.6 Å². The second kappa shape index (κ2) is 9.20. The summed E-state index contributed by atoms with van der Waals surface area (Å²) in [7, 11) is 0. The lowest BCUT2D eigenvalue weighted by molar-refractivity contribution is -0.142. The van der Waals surface area contributed by atoms with Crippen LogP contribution in [-0.4, -0.2) is 14.3 Å². The Bertz CT molecular complexity index is 1580. The van der Waals surface area contributed by atoms with Gasteiger partial charge in [0.2, 0.25) is 0 Å². The van der Waals surface area contributed by atoms with Gasteiger partial charge in [-0.2, -0.15) is 36.7 Å². The van der Waals surface area contributed by atoms with Crippen LogP contribution in [0.25, 0.3) is 16.9 Å². The SMILES string of the molecule is N#Cc1c(C(F)(F)F)cc(-c2cnn(-c3ccccc3)c2C(F)(F)F)n(Cc2ccc(F)cc2F)c1=O. The molecule has 0 amide bonds. The maximum absolute atomic E-state index is 14.4. The molecular weight excluding hydrogens is 512 g/mol. The molecule has 37 heavy (non-hydrogen) atoms. The fraction of sp³-hybridized carbons (Fsp3) is 0.125. The van der Waals surface area contributed by atoms with E-state index in [-0.39, 0.29) is 11.8 Å². The highest BCUT2D eigenvalue weighted by molar-refractivity contribution is 5.66. The van der Waals surface area contributed by atoms with Crippen molar-refractivity contribution in [3.63, 3.8) is 0 Å². The van der Waals surface area contributed by atoms with Crippen molar-refractivity contribution in [2.24, 2.45) is 0 Å². The van der Waals surface area contributed by atoms with Gasteiger partial charge in [-0.15, -0.1) is 0 Å². The molecule has 0 bridgehead atoms. The van der Waals surface area contributed by atoms with E-state index in [1.54, 1.807) is 0 Å². The minimum Gasteiger partial charge on any atom is -0.302 e. The van der Waals surface area contributed by atoms with E-state index in [1.807, 2.05) is 0 Å². The Morgan fingerprint density at radius 3 is 2.16 bits per heavy atom. The van der Waals surface area contributed by atoms with Crippen molar-refractivity contribution >= 4 is 0 Å². The van der Waals surface area contributed by atoms with E-state index >= 15 is 0 Å². The topological polar surface area (TPSA) is 63.6 Å². The first-order valence-electron chi connectivity index (χ1n) is 10.2. The summed E-state index contributed by atoms with van der Waals surface area (Å²) in [6.45, 7) is -0.902. The molecule has 0 unspecified atom stereocenters. The predicted octanol–water partition coefficient (Wildman–Crippen LogP) is 5.94. The Kier molecular flexibility index (Phi) is 6.37. The molecule has 0 saturated heterocycles. The Balaban J connectivity index is 2.09. The summed E-state index contributed by atoms with van der Waals surface area (Å²) in [4.78, 5) is 13.0. The van der Waals surface area contributed by atoms with Gasteiger partial charge < -0.3 is 4.57 Å². The zero-order valence-corrected chi connectivity index (χ0v) is 18.2. The van der Waals surface area contributed by atoms with Crippen molar-refractivity contribution in [2.75, 3.05) is 0 Å². The van der Waals surface area contributed by atoms with E-state index < -0.39 is 69.7 Å². The number of para-hydroxylation sites is 1. The summed E-state index contributed by atoms with van der Waals surface area (Å²) in [5, 5.41) is 12.9. The molecule has 5 nitrogen and oxygen atoms in total. The molecule has 13 heteroatoms. The summed E-state index contributed by atoms with van der Waals surface area (Å²) in [5.74, 6) is -2.20. The minimum absolute atomic E-state index is 0.0794. The molecule has 4 rings (SSSR count). The summed E-state index contributed by atoms with van der Waals surface area (Å²) >= 11 is 0. The first-order chi connectivity index (χ1) is 17.3.